The molecule has 122 valence electrons. The lowest BCUT2D eigenvalue weighted by molar-refractivity contribution is -0.137. The summed E-state index contributed by atoms with van der Waals surface area (Å²) in [6, 6.07) is 2.59. The van der Waals surface area contributed by atoms with Crippen LogP contribution in [-0.2, 0) is 6.18 Å². The molecule has 1 aromatic rings. The minimum atomic E-state index is -4.43. The van der Waals surface area contributed by atoms with Crippen LogP contribution >= 0.6 is 15.9 Å². The summed E-state index contributed by atoms with van der Waals surface area (Å²) in [7, 11) is 0. The van der Waals surface area contributed by atoms with Gasteiger partial charge in [-0.3, -0.25) is 0 Å². The summed E-state index contributed by atoms with van der Waals surface area (Å²) in [6.45, 7) is 2.35. The Hall–Kier alpha value is -1.28. The fraction of sp³-hybridized carbons (Fsp3) is 0.500. The maximum absolute atomic E-state index is 12.6. The molecule has 1 aliphatic rings. The van der Waals surface area contributed by atoms with Crippen molar-refractivity contribution in [3.05, 3.63) is 28.2 Å². The number of nitrogens with zero attached hydrogens (tertiary/aromatic N) is 1. The quantitative estimate of drug-likeness (QED) is 0.777. The maximum Gasteiger partial charge on any atom is 0.416 e. The van der Waals surface area contributed by atoms with Gasteiger partial charge in [0.25, 0.3) is 0 Å². The third-order valence-corrected chi connectivity index (χ3v) is 4.16. The average Bonchev–Trinajstić information content (AvgIpc) is 2.38. The van der Waals surface area contributed by atoms with Crippen LogP contribution in [0.5, 0.6) is 0 Å². The molecule has 2 N–H and O–H groups in total. The number of aliphatic hydroxyl groups is 1. The molecule has 0 saturated carbocycles. The Morgan fingerprint density at radius 1 is 1.45 bits per heavy atom. The van der Waals surface area contributed by atoms with Crippen molar-refractivity contribution < 1.29 is 23.1 Å². The maximum atomic E-state index is 12.6. The Labute approximate surface area is 134 Å². The van der Waals surface area contributed by atoms with Gasteiger partial charge in [-0.1, -0.05) is 0 Å². The molecule has 8 heteroatoms. The number of piperidine rings is 1. The number of anilines is 1. The number of urea groups is 1. The third-order valence-electron chi connectivity index (χ3n) is 3.50. The predicted octanol–water partition coefficient (Wildman–Crippen LogP) is 3.85. The van der Waals surface area contributed by atoms with Gasteiger partial charge in [0.05, 0.1) is 23.4 Å². The van der Waals surface area contributed by atoms with Crippen molar-refractivity contribution >= 4 is 27.6 Å². The summed E-state index contributed by atoms with van der Waals surface area (Å²) < 4.78 is 37.9. The summed E-state index contributed by atoms with van der Waals surface area (Å²) in [4.78, 5) is 13.6. The first-order chi connectivity index (χ1) is 10.1. The highest BCUT2D eigenvalue weighted by Gasteiger charge is 2.32. The number of rotatable bonds is 1. The average molecular weight is 381 g/mol. The van der Waals surface area contributed by atoms with E-state index in [1.54, 1.807) is 6.92 Å². The molecule has 1 atom stereocenters. The third kappa shape index (κ3) is 4.13. The van der Waals surface area contributed by atoms with Crippen LogP contribution in [0.2, 0.25) is 0 Å². The lowest BCUT2D eigenvalue weighted by Crippen LogP contribution is -2.50. The van der Waals surface area contributed by atoms with Gasteiger partial charge in [-0.2, -0.15) is 13.2 Å². The van der Waals surface area contributed by atoms with E-state index < -0.39 is 23.4 Å². The molecule has 1 aliphatic heterocycles. The van der Waals surface area contributed by atoms with Crippen molar-refractivity contribution in [2.45, 2.75) is 31.5 Å². The van der Waals surface area contributed by atoms with Crippen molar-refractivity contribution in [3.63, 3.8) is 0 Å². The Kier molecular flexibility index (Phi) is 4.72. The van der Waals surface area contributed by atoms with Crippen molar-refractivity contribution in [3.8, 4) is 0 Å². The number of β-amino-alcohol motifs (C(OH)–C–C–N with tert-alkyl or cyclic N) is 1. The highest BCUT2D eigenvalue weighted by molar-refractivity contribution is 9.10. The van der Waals surface area contributed by atoms with Gasteiger partial charge in [-0.15, -0.1) is 0 Å². The number of benzene rings is 1. The largest absolute Gasteiger partial charge is 0.416 e. The Bertz CT molecular complexity index is 576. The number of halogens is 4. The van der Waals surface area contributed by atoms with Gasteiger partial charge < -0.3 is 15.3 Å². The Morgan fingerprint density at radius 2 is 2.14 bits per heavy atom. The van der Waals surface area contributed by atoms with Crippen LogP contribution in [0, 0.1) is 0 Å². The number of hydrogen-bond donors (Lipinski definition) is 2. The topological polar surface area (TPSA) is 52.6 Å². The first-order valence-electron chi connectivity index (χ1n) is 6.73. The predicted molar refractivity (Wildman–Crippen MR) is 79.6 cm³/mol. The molecule has 0 spiro atoms. The van der Waals surface area contributed by atoms with Crippen LogP contribution in [0.1, 0.15) is 25.3 Å². The van der Waals surface area contributed by atoms with Crippen LogP contribution in [0.25, 0.3) is 0 Å². The first-order valence-corrected chi connectivity index (χ1v) is 7.53. The number of hydrogen-bond acceptors (Lipinski definition) is 2. The zero-order valence-corrected chi connectivity index (χ0v) is 13.5. The minimum absolute atomic E-state index is 0.152. The number of nitrogens with one attached hydrogen (secondary N) is 1. The molecule has 1 saturated heterocycles. The summed E-state index contributed by atoms with van der Waals surface area (Å²) in [5, 5.41) is 12.5. The highest BCUT2D eigenvalue weighted by atomic mass is 79.9. The van der Waals surface area contributed by atoms with Crippen LogP contribution in [-0.4, -0.2) is 34.7 Å². The standard InChI is InChI=1S/C14H16BrF3N2O2/c1-13(22)5-2-6-20(8-13)12(21)19-11-4-3-9(7-10(11)15)14(16,17)18/h3-4,7,22H,2,5-6,8H2,1H3,(H,19,21). The lowest BCUT2D eigenvalue weighted by atomic mass is 9.95. The minimum Gasteiger partial charge on any atom is -0.388 e. The number of amides is 2. The van der Waals surface area contributed by atoms with E-state index in [9.17, 15) is 23.1 Å². The molecule has 1 aromatic carbocycles. The zero-order valence-electron chi connectivity index (χ0n) is 11.9. The molecule has 1 unspecified atom stereocenters. The van der Waals surface area contributed by atoms with Crippen LogP contribution in [0.3, 0.4) is 0 Å². The van der Waals surface area contributed by atoms with Crippen LogP contribution in [0.4, 0.5) is 23.7 Å². The van der Waals surface area contributed by atoms with E-state index in [4.69, 9.17) is 0 Å². The van der Waals surface area contributed by atoms with Gasteiger partial charge in [-0.05, 0) is 53.9 Å². The molecule has 2 amide bonds. The van der Waals surface area contributed by atoms with Crippen molar-refractivity contribution in [2.75, 3.05) is 18.4 Å². The second-order valence-electron chi connectivity index (χ2n) is 5.64. The molecular weight excluding hydrogens is 365 g/mol. The van der Waals surface area contributed by atoms with E-state index in [0.29, 0.717) is 19.4 Å². The normalized spacial score (nSPS) is 22.5. The second-order valence-corrected chi connectivity index (χ2v) is 6.50. The van der Waals surface area contributed by atoms with E-state index in [0.717, 1.165) is 12.1 Å². The molecule has 0 bridgehead atoms. The molecule has 1 fully saturated rings. The zero-order chi connectivity index (χ0) is 16.5. The van der Waals surface area contributed by atoms with E-state index in [-0.39, 0.29) is 16.7 Å². The van der Waals surface area contributed by atoms with Gasteiger partial charge in [0.2, 0.25) is 0 Å². The van der Waals surface area contributed by atoms with E-state index in [2.05, 4.69) is 21.2 Å². The summed E-state index contributed by atoms with van der Waals surface area (Å²) >= 11 is 3.03. The van der Waals surface area contributed by atoms with Gasteiger partial charge >= 0.3 is 12.2 Å². The fourth-order valence-corrected chi connectivity index (χ4v) is 2.86. The highest BCUT2D eigenvalue weighted by Crippen LogP contribution is 2.34. The van der Waals surface area contributed by atoms with E-state index >= 15 is 0 Å². The van der Waals surface area contributed by atoms with E-state index in [1.165, 1.54) is 11.0 Å². The van der Waals surface area contributed by atoms with Crippen molar-refractivity contribution in [1.82, 2.24) is 4.90 Å². The fourth-order valence-electron chi connectivity index (χ4n) is 2.38. The van der Waals surface area contributed by atoms with Crippen molar-refractivity contribution in [1.29, 1.82) is 0 Å². The Morgan fingerprint density at radius 3 is 2.68 bits per heavy atom. The lowest BCUT2D eigenvalue weighted by Gasteiger charge is -2.36. The van der Waals surface area contributed by atoms with Crippen molar-refractivity contribution in [2.24, 2.45) is 0 Å². The molecule has 22 heavy (non-hydrogen) atoms. The monoisotopic (exact) mass is 380 g/mol. The smallest absolute Gasteiger partial charge is 0.388 e. The molecule has 0 radical (unpaired) electrons. The van der Waals surface area contributed by atoms with Gasteiger partial charge in [0.1, 0.15) is 0 Å². The molecule has 1 heterocycles. The Balaban J connectivity index is 2.09. The summed E-state index contributed by atoms with van der Waals surface area (Å²) in [5.41, 5.74) is -1.48. The molecule has 0 aromatic heterocycles. The van der Waals surface area contributed by atoms with Gasteiger partial charge in [0, 0.05) is 11.0 Å². The van der Waals surface area contributed by atoms with Crippen LogP contribution < -0.4 is 5.32 Å². The molecular formula is C14H16BrF3N2O2. The molecule has 4 nitrogen and oxygen atoms in total. The van der Waals surface area contributed by atoms with Gasteiger partial charge in [0.15, 0.2) is 0 Å². The SMILES string of the molecule is CC1(O)CCCN(C(=O)Nc2ccc(C(F)(F)F)cc2Br)C1. The number of alkyl halides is 3. The number of carbonyl (C=O) groups excluding carboxylic acids is 1. The molecule has 0 aliphatic carbocycles. The van der Waals surface area contributed by atoms with Crippen LogP contribution in [0.15, 0.2) is 22.7 Å². The number of carbonyl (C=O) groups is 1. The summed E-state index contributed by atoms with van der Waals surface area (Å²) in [5.74, 6) is 0. The molecule has 2 rings (SSSR count). The van der Waals surface area contributed by atoms with Gasteiger partial charge in [-0.25, -0.2) is 4.79 Å². The second kappa shape index (κ2) is 6.08. The van der Waals surface area contributed by atoms with E-state index in [1.807, 2.05) is 0 Å². The summed E-state index contributed by atoms with van der Waals surface area (Å²) in [6.07, 6.45) is -3.15. The first kappa shape index (κ1) is 17.1. The number of likely N-dealkylation sites (tertiary alicyclic amines) is 1.